The molecular formula is C19H16ClF2N7O7S2. The summed E-state index contributed by atoms with van der Waals surface area (Å²) in [6.45, 7) is 1.18. The van der Waals surface area contributed by atoms with Gasteiger partial charge in [0.2, 0.25) is 11.9 Å². The average molecular weight is 592 g/mol. The maximum absolute atomic E-state index is 13.6. The number of anilines is 4. The number of rotatable bonds is 9. The number of nitrogens with one attached hydrogen (secondary N) is 3. The molecular weight excluding hydrogens is 576 g/mol. The van der Waals surface area contributed by atoms with Crippen LogP contribution in [0.3, 0.4) is 0 Å². The van der Waals surface area contributed by atoms with Gasteiger partial charge in [-0.3, -0.25) is 13.9 Å². The summed E-state index contributed by atoms with van der Waals surface area (Å²) in [5.74, 6) is -3.20. The summed E-state index contributed by atoms with van der Waals surface area (Å²) < 4.78 is 91.1. The third-order valence-corrected chi connectivity index (χ3v) is 6.06. The first-order chi connectivity index (χ1) is 17.6. The highest BCUT2D eigenvalue weighted by Crippen LogP contribution is 2.34. The van der Waals surface area contributed by atoms with Crippen LogP contribution in [-0.2, 0) is 25.0 Å². The van der Waals surface area contributed by atoms with Crippen molar-refractivity contribution in [3.8, 4) is 0 Å². The Morgan fingerprint density at radius 2 is 1.66 bits per heavy atom. The summed E-state index contributed by atoms with van der Waals surface area (Å²) in [5, 5.41) is 14.4. The molecule has 14 nitrogen and oxygen atoms in total. The van der Waals surface area contributed by atoms with Crippen LogP contribution < -0.4 is 16.0 Å². The van der Waals surface area contributed by atoms with Crippen molar-refractivity contribution in [1.29, 1.82) is 0 Å². The number of hydrogen-bond acceptors (Lipinski definition) is 11. The second-order valence-corrected chi connectivity index (χ2v) is 10.5. The summed E-state index contributed by atoms with van der Waals surface area (Å²) >= 11 is 5.73. The fourth-order valence-corrected chi connectivity index (χ4v) is 3.90. The van der Waals surface area contributed by atoms with Crippen LogP contribution in [0.2, 0.25) is 5.02 Å². The van der Waals surface area contributed by atoms with Gasteiger partial charge in [-0.25, -0.2) is 0 Å². The number of nitrogens with zero attached hydrogens (tertiary/aromatic N) is 4. The highest BCUT2D eigenvalue weighted by atomic mass is 35.5. The molecule has 1 aromatic heterocycles. The van der Waals surface area contributed by atoms with E-state index in [4.69, 9.17) is 16.2 Å². The van der Waals surface area contributed by atoms with E-state index in [1.807, 2.05) is 0 Å². The predicted octanol–water partition coefficient (Wildman–Crippen LogP) is 4.03. The van der Waals surface area contributed by atoms with Crippen LogP contribution >= 0.6 is 11.6 Å². The van der Waals surface area contributed by atoms with Gasteiger partial charge in [0.25, 0.3) is 20.2 Å². The molecule has 202 valence electrons. The summed E-state index contributed by atoms with van der Waals surface area (Å²) in [6, 6.07) is 6.96. The number of amides is 1. The molecule has 0 bridgehead atoms. The van der Waals surface area contributed by atoms with Gasteiger partial charge >= 0.3 is 6.08 Å². The quantitative estimate of drug-likeness (QED) is 0.104. The van der Waals surface area contributed by atoms with Crippen molar-refractivity contribution in [3.05, 3.63) is 53.4 Å². The Bertz CT molecular complexity index is 1660. The van der Waals surface area contributed by atoms with Crippen LogP contribution in [-0.4, -0.2) is 47.7 Å². The molecule has 3 aromatic rings. The first-order valence-electron chi connectivity index (χ1n) is 9.92. The smallest absolute Gasteiger partial charge is 0.313 e. The van der Waals surface area contributed by atoms with Crippen molar-refractivity contribution in [1.82, 2.24) is 9.97 Å². The summed E-state index contributed by atoms with van der Waals surface area (Å²) in [6.07, 6.45) is -1.43. The number of halogens is 3. The normalized spacial score (nSPS) is 11.9. The molecule has 0 fully saturated rings. The third-order valence-electron chi connectivity index (χ3n) is 4.31. The average Bonchev–Trinajstić information content (AvgIpc) is 2.79. The van der Waals surface area contributed by atoms with Crippen LogP contribution in [0.5, 0.6) is 0 Å². The highest BCUT2D eigenvalue weighted by molar-refractivity contribution is 7.86. The van der Waals surface area contributed by atoms with Gasteiger partial charge in [-0.2, -0.15) is 35.6 Å². The fraction of sp³-hybridized carbons (Fsp3) is 0.105. The number of carbonyl (C=O) groups excluding carboxylic acids is 1. The van der Waals surface area contributed by atoms with E-state index < -0.39 is 65.5 Å². The van der Waals surface area contributed by atoms with Crippen LogP contribution in [0, 0.1) is 12.0 Å². The van der Waals surface area contributed by atoms with Crippen LogP contribution in [0.1, 0.15) is 6.92 Å². The van der Waals surface area contributed by atoms with Crippen molar-refractivity contribution in [3.63, 3.8) is 0 Å². The number of azo groups is 1. The second-order valence-electron chi connectivity index (χ2n) is 7.24. The lowest BCUT2D eigenvalue weighted by molar-refractivity contribution is -0.114. The number of aromatic nitrogens is 2. The molecule has 0 aliphatic heterocycles. The predicted molar refractivity (Wildman–Crippen MR) is 131 cm³/mol. The summed E-state index contributed by atoms with van der Waals surface area (Å²) in [4.78, 5) is 17.1. The van der Waals surface area contributed by atoms with Gasteiger partial charge in [-0.1, -0.05) is 11.6 Å². The number of carbonyl (C=O) groups is 1. The lowest BCUT2D eigenvalue weighted by Crippen LogP contribution is -2.13. The molecule has 2 aromatic carbocycles. The molecule has 3 rings (SSSR count). The van der Waals surface area contributed by atoms with E-state index in [1.165, 1.54) is 25.1 Å². The highest BCUT2D eigenvalue weighted by Gasteiger charge is 2.18. The van der Waals surface area contributed by atoms with Gasteiger partial charge in [-0.15, -0.1) is 10.2 Å². The van der Waals surface area contributed by atoms with Gasteiger partial charge in [0, 0.05) is 18.3 Å². The largest absolute Gasteiger partial charge is 0.370 e. The topological polar surface area (TPSA) is 212 Å². The van der Waals surface area contributed by atoms with E-state index in [0.717, 1.165) is 18.2 Å². The molecule has 0 spiro atoms. The van der Waals surface area contributed by atoms with Gasteiger partial charge in [0.1, 0.15) is 27.2 Å². The summed E-state index contributed by atoms with van der Waals surface area (Å²) in [7, 11) is -9.17. The van der Waals surface area contributed by atoms with E-state index in [2.05, 4.69) is 36.1 Å². The standard InChI is InChI=1S/C19H16ClF2N7O7S2/c1-9(30)24-13-6-10(23-8-37(31,32)33)2-4-12(13)28-29-14-7-11(3-5-15(14)38(34,35)36)25-18-16(20)17(21)26-19(22)27-18/h2-7,23H,8H2,1H3,(H,24,30)(H,25,26,27)(H,31,32,33)(H,34,35,36). The van der Waals surface area contributed by atoms with Crippen molar-refractivity contribution in [2.75, 3.05) is 21.8 Å². The van der Waals surface area contributed by atoms with Crippen molar-refractivity contribution >= 4 is 72.0 Å². The minimum atomic E-state index is -4.82. The Balaban J connectivity index is 2.02. The Labute approximate surface area is 218 Å². The van der Waals surface area contributed by atoms with Crippen LogP contribution in [0.15, 0.2) is 51.5 Å². The molecule has 1 heterocycles. The molecule has 0 saturated carbocycles. The van der Waals surface area contributed by atoms with Gasteiger partial charge in [-0.05, 0) is 36.4 Å². The lowest BCUT2D eigenvalue weighted by atomic mass is 10.2. The van der Waals surface area contributed by atoms with Gasteiger partial charge < -0.3 is 16.0 Å². The molecule has 0 atom stereocenters. The molecule has 0 saturated heterocycles. The maximum atomic E-state index is 13.6. The summed E-state index contributed by atoms with van der Waals surface area (Å²) in [5.41, 5.74) is -0.303. The molecule has 0 unspecified atom stereocenters. The van der Waals surface area contributed by atoms with E-state index in [-0.39, 0.29) is 22.7 Å². The number of hydrogen-bond donors (Lipinski definition) is 5. The molecule has 0 aliphatic rings. The molecule has 5 N–H and O–H groups in total. The Hall–Kier alpha value is -3.84. The van der Waals surface area contributed by atoms with Gasteiger partial charge in [0.15, 0.2) is 5.82 Å². The zero-order valence-electron chi connectivity index (χ0n) is 18.8. The lowest BCUT2D eigenvalue weighted by Gasteiger charge is -2.11. The minimum absolute atomic E-state index is 0.0161. The van der Waals surface area contributed by atoms with Gasteiger partial charge in [0.05, 0.1) is 5.69 Å². The van der Waals surface area contributed by atoms with Crippen molar-refractivity contribution < 1.29 is 39.5 Å². The van der Waals surface area contributed by atoms with E-state index >= 15 is 0 Å². The Morgan fingerprint density at radius 3 is 2.29 bits per heavy atom. The zero-order chi connectivity index (χ0) is 28.3. The molecule has 38 heavy (non-hydrogen) atoms. The van der Waals surface area contributed by atoms with E-state index in [1.54, 1.807) is 0 Å². The third kappa shape index (κ3) is 7.83. The van der Waals surface area contributed by atoms with Crippen LogP contribution in [0.25, 0.3) is 0 Å². The first kappa shape index (κ1) is 28.7. The maximum Gasteiger partial charge on any atom is 0.313 e. The Kier molecular flexibility index (Phi) is 8.52. The molecule has 1 amide bonds. The van der Waals surface area contributed by atoms with E-state index in [9.17, 15) is 35.0 Å². The number of benzene rings is 2. The van der Waals surface area contributed by atoms with Crippen molar-refractivity contribution in [2.24, 2.45) is 10.2 Å². The second kappa shape index (κ2) is 11.3. The first-order valence-corrected chi connectivity index (χ1v) is 13.3. The SMILES string of the molecule is CC(=O)Nc1cc(NCS(=O)(=O)O)ccc1N=Nc1cc(Nc2nc(F)nc(F)c2Cl)ccc1S(=O)(=O)O. The Morgan fingerprint density at radius 1 is 1.00 bits per heavy atom. The minimum Gasteiger partial charge on any atom is -0.370 e. The molecule has 19 heteroatoms. The molecule has 0 radical (unpaired) electrons. The van der Waals surface area contributed by atoms with Crippen LogP contribution in [0.4, 0.5) is 43.0 Å². The molecule has 0 aliphatic carbocycles. The van der Waals surface area contributed by atoms with Crippen molar-refractivity contribution in [2.45, 2.75) is 11.8 Å². The fourth-order valence-electron chi connectivity index (χ4n) is 2.81. The van der Waals surface area contributed by atoms with E-state index in [0.29, 0.717) is 0 Å². The monoisotopic (exact) mass is 591 g/mol. The zero-order valence-corrected chi connectivity index (χ0v) is 21.2.